The minimum absolute atomic E-state index is 0.0744. The van der Waals surface area contributed by atoms with Crippen molar-refractivity contribution in [3.8, 4) is 11.4 Å². The van der Waals surface area contributed by atoms with E-state index in [1.165, 1.54) is 0 Å². The molecular formula is C16H18N6O2. The quantitative estimate of drug-likeness (QED) is 0.658. The van der Waals surface area contributed by atoms with Crippen LogP contribution in [0.3, 0.4) is 0 Å². The van der Waals surface area contributed by atoms with Gasteiger partial charge in [-0.15, -0.1) is 0 Å². The van der Waals surface area contributed by atoms with E-state index in [0.29, 0.717) is 24.4 Å². The number of aromatic amines is 2. The lowest BCUT2D eigenvalue weighted by Gasteiger charge is -2.09. The van der Waals surface area contributed by atoms with Gasteiger partial charge in [0.25, 0.3) is 0 Å². The second-order valence-corrected chi connectivity index (χ2v) is 5.63. The van der Waals surface area contributed by atoms with Crippen molar-refractivity contribution in [1.29, 1.82) is 0 Å². The molecule has 0 aliphatic rings. The van der Waals surface area contributed by atoms with Gasteiger partial charge in [0.05, 0.1) is 6.20 Å². The zero-order chi connectivity index (χ0) is 17.1. The van der Waals surface area contributed by atoms with E-state index in [1.54, 1.807) is 16.9 Å². The Kier molecular flexibility index (Phi) is 4.28. The first-order valence-electron chi connectivity index (χ1n) is 7.54. The Morgan fingerprint density at radius 3 is 2.88 bits per heavy atom. The van der Waals surface area contributed by atoms with Crippen molar-refractivity contribution in [2.45, 2.75) is 19.8 Å². The monoisotopic (exact) mass is 326 g/mol. The summed E-state index contributed by atoms with van der Waals surface area (Å²) in [6.07, 6.45) is 4.65. The van der Waals surface area contributed by atoms with Crippen LogP contribution in [0.2, 0.25) is 0 Å². The zero-order valence-electron chi connectivity index (χ0n) is 13.5. The standard InChI is InChI=1S/C16H18N6O2/c1-10-3-5-12(15-19-16(24)21-20-15)7-13(10)18-14(23)6-4-11-8-17-22(2)9-11/h3,5,7-9H,4,6H2,1-2H3,(H,18,23)(H2,19,20,21,24). The molecule has 0 saturated carbocycles. The van der Waals surface area contributed by atoms with E-state index in [9.17, 15) is 9.59 Å². The molecule has 24 heavy (non-hydrogen) atoms. The highest BCUT2D eigenvalue weighted by atomic mass is 16.2. The van der Waals surface area contributed by atoms with Gasteiger partial charge in [0.2, 0.25) is 5.91 Å². The van der Waals surface area contributed by atoms with Gasteiger partial charge in [0.1, 0.15) is 0 Å². The first-order valence-corrected chi connectivity index (χ1v) is 7.54. The number of carbonyl (C=O) groups is 1. The number of aryl methyl sites for hydroxylation is 3. The van der Waals surface area contributed by atoms with Crippen LogP contribution in [0.1, 0.15) is 17.5 Å². The molecule has 0 aliphatic carbocycles. The molecule has 1 amide bonds. The molecule has 8 heteroatoms. The molecule has 0 radical (unpaired) electrons. The average molecular weight is 326 g/mol. The number of anilines is 1. The van der Waals surface area contributed by atoms with Crippen LogP contribution < -0.4 is 11.0 Å². The minimum Gasteiger partial charge on any atom is -0.326 e. The molecule has 2 aromatic heterocycles. The smallest absolute Gasteiger partial charge is 0.326 e. The van der Waals surface area contributed by atoms with Crippen molar-refractivity contribution < 1.29 is 4.79 Å². The third-order valence-corrected chi connectivity index (χ3v) is 3.69. The summed E-state index contributed by atoms with van der Waals surface area (Å²) in [5.74, 6) is 0.362. The fourth-order valence-electron chi connectivity index (χ4n) is 2.38. The number of benzene rings is 1. The number of H-pyrrole nitrogens is 2. The lowest BCUT2D eigenvalue weighted by Crippen LogP contribution is -2.13. The Morgan fingerprint density at radius 2 is 2.21 bits per heavy atom. The van der Waals surface area contributed by atoms with E-state index < -0.39 is 0 Å². The summed E-state index contributed by atoms with van der Waals surface area (Å²) in [7, 11) is 1.85. The fourth-order valence-corrected chi connectivity index (χ4v) is 2.38. The molecular weight excluding hydrogens is 308 g/mol. The Bertz CT molecular complexity index is 921. The molecule has 3 aromatic rings. The van der Waals surface area contributed by atoms with Gasteiger partial charge in [-0.25, -0.2) is 9.89 Å². The maximum Gasteiger partial charge on any atom is 0.340 e. The van der Waals surface area contributed by atoms with E-state index in [4.69, 9.17) is 0 Å². The second kappa shape index (κ2) is 6.53. The van der Waals surface area contributed by atoms with Crippen molar-refractivity contribution in [1.82, 2.24) is 25.0 Å². The highest BCUT2D eigenvalue weighted by Gasteiger charge is 2.09. The third kappa shape index (κ3) is 3.60. The molecule has 2 heterocycles. The highest BCUT2D eigenvalue weighted by molar-refractivity contribution is 5.92. The largest absolute Gasteiger partial charge is 0.340 e. The Hall–Kier alpha value is -3.16. The number of carbonyl (C=O) groups excluding carboxylic acids is 1. The molecule has 0 aliphatic heterocycles. The van der Waals surface area contributed by atoms with Gasteiger partial charge < -0.3 is 5.32 Å². The van der Waals surface area contributed by atoms with Gasteiger partial charge in [-0.1, -0.05) is 12.1 Å². The van der Waals surface area contributed by atoms with E-state index in [0.717, 1.165) is 16.7 Å². The summed E-state index contributed by atoms with van der Waals surface area (Å²) in [6.45, 7) is 1.91. The van der Waals surface area contributed by atoms with Crippen LogP contribution >= 0.6 is 0 Å². The SMILES string of the molecule is Cc1ccc(-c2n[nH]c(=O)[nH]2)cc1NC(=O)CCc1cnn(C)c1. The summed E-state index contributed by atoms with van der Waals surface area (Å²) in [4.78, 5) is 25.9. The van der Waals surface area contributed by atoms with Gasteiger partial charge >= 0.3 is 5.69 Å². The predicted octanol–water partition coefficient (Wildman–Crippen LogP) is 1.38. The summed E-state index contributed by atoms with van der Waals surface area (Å²) < 4.78 is 1.71. The molecule has 124 valence electrons. The molecule has 0 atom stereocenters. The first-order chi connectivity index (χ1) is 11.5. The zero-order valence-corrected chi connectivity index (χ0v) is 13.5. The maximum atomic E-state index is 12.2. The van der Waals surface area contributed by atoms with Gasteiger partial charge in [0.15, 0.2) is 5.82 Å². The van der Waals surface area contributed by atoms with E-state index in [-0.39, 0.29) is 11.6 Å². The molecule has 8 nitrogen and oxygen atoms in total. The summed E-state index contributed by atoms with van der Waals surface area (Å²) in [6, 6.07) is 5.51. The molecule has 0 unspecified atom stereocenters. The number of aromatic nitrogens is 5. The van der Waals surface area contributed by atoms with Gasteiger partial charge in [0, 0.05) is 30.9 Å². The number of rotatable bonds is 5. The predicted molar refractivity (Wildman–Crippen MR) is 89.5 cm³/mol. The summed E-state index contributed by atoms with van der Waals surface area (Å²) >= 11 is 0. The van der Waals surface area contributed by atoms with E-state index in [2.05, 4.69) is 25.6 Å². The maximum absolute atomic E-state index is 12.2. The molecule has 0 saturated heterocycles. The fraction of sp³-hybridized carbons (Fsp3) is 0.250. The first kappa shape index (κ1) is 15.7. The van der Waals surface area contributed by atoms with Crippen molar-refractivity contribution in [3.63, 3.8) is 0 Å². The van der Waals surface area contributed by atoms with E-state index in [1.807, 2.05) is 32.3 Å². The Balaban J connectivity index is 1.69. The lowest BCUT2D eigenvalue weighted by molar-refractivity contribution is -0.116. The third-order valence-electron chi connectivity index (χ3n) is 3.69. The Labute approximate surface area is 137 Å². The number of amides is 1. The number of hydrogen-bond acceptors (Lipinski definition) is 4. The molecule has 3 N–H and O–H groups in total. The van der Waals surface area contributed by atoms with Crippen LogP contribution in [0.5, 0.6) is 0 Å². The lowest BCUT2D eigenvalue weighted by atomic mass is 10.1. The molecule has 0 bridgehead atoms. The van der Waals surface area contributed by atoms with Crippen LogP contribution in [0, 0.1) is 6.92 Å². The average Bonchev–Trinajstić information content (AvgIpc) is 3.16. The van der Waals surface area contributed by atoms with Gasteiger partial charge in [-0.05, 0) is 30.5 Å². The van der Waals surface area contributed by atoms with E-state index >= 15 is 0 Å². The van der Waals surface area contributed by atoms with Crippen LogP contribution in [0.25, 0.3) is 11.4 Å². The van der Waals surface area contributed by atoms with Crippen molar-refractivity contribution in [2.75, 3.05) is 5.32 Å². The van der Waals surface area contributed by atoms with Crippen LogP contribution in [0.15, 0.2) is 35.4 Å². The topological polar surface area (TPSA) is 108 Å². The highest BCUT2D eigenvalue weighted by Crippen LogP contribution is 2.22. The molecule has 0 spiro atoms. The van der Waals surface area contributed by atoms with Crippen molar-refractivity contribution in [2.24, 2.45) is 7.05 Å². The molecule has 0 fully saturated rings. The van der Waals surface area contributed by atoms with Gasteiger partial charge in [-0.3, -0.25) is 14.5 Å². The van der Waals surface area contributed by atoms with Gasteiger partial charge in [-0.2, -0.15) is 10.2 Å². The molecule has 1 aromatic carbocycles. The summed E-state index contributed by atoms with van der Waals surface area (Å²) in [5, 5.41) is 13.2. The summed E-state index contributed by atoms with van der Waals surface area (Å²) in [5.41, 5.74) is 3.01. The van der Waals surface area contributed by atoms with Crippen molar-refractivity contribution in [3.05, 3.63) is 52.2 Å². The Morgan fingerprint density at radius 1 is 1.38 bits per heavy atom. The van der Waals surface area contributed by atoms with Crippen molar-refractivity contribution >= 4 is 11.6 Å². The minimum atomic E-state index is -0.368. The number of nitrogens with one attached hydrogen (secondary N) is 3. The van der Waals surface area contributed by atoms with Crippen LogP contribution in [-0.4, -0.2) is 30.9 Å². The normalized spacial score (nSPS) is 10.8. The second-order valence-electron chi connectivity index (χ2n) is 5.63. The van der Waals surface area contributed by atoms with Crippen LogP contribution in [-0.2, 0) is 18.3 Å². The van der Waals surface area contributed by atoms with Crippen LogP contribution in [0.4, 0.5) is 5.69 Å². The molecule has 3 rings (SSSR count). The number of nitrogens with zero attached hydrogens (tertiary/aromatic N) is 3. The number of hydrogen-bond donors (Lipinski definition) is 3.